The molecule has 0 bridgehead atoms. The monoisotopic (exact) mass is 262 g/mol. The van der Waals surface area contributed by atoms with Gasteiger partial charge in [-0.3, -0.25) is 0 Å². The van der Waals surface area contributed by atoms with Gasteiger partial charge in [-0.1, -0.05) is 42.5 Å². The topological polar surface area (TPSA) is 29.3 Å². The van der Waals surface area contributed by atoms with Crippen LogP contribution in [0, 0.1) is 0 Å². The minimum Gasteiger partial charge on any atom is -0.393 e. The Morgan fingerprint density at radius 3 is 2.78 bits per heavy atom. The van der Waals surface area contributed by atoms with Crippen LogP contribution in [-0.2, 0) is 0 Å². The van der Waals surface area contributed by atoms with Crippen LogP contribution in [0.25, 0.3) is 0 Å². The molecular formula is C15H22N2S. The first-order valence-corrected chi connectivity index (χ1v) is 7.22. The maximum absolute atomic E-state index is 5.50. The number of hydrogen-bond donors (Lipinski definition) is 1. The molecule has 98 valence electrons. The van der Waals surface area contributed by atoms with Gasteiger partial charge in [0, 0.05) is 6.54 Å². The highest BCUT2D eigenvalue weighted by molar-refractivity contribution is 7.80. The van der Waals surface area contributed by atoms with Crippen molar-refractivity contribution < 1.29 is 0 Å². The fraction of sp³-hybridized carbons (Fsp3) is 0.533. The third-order valence-electron chi connectivity index (χ3n) is 3.69. The van der Waals surface area contributed by atoms with Crippen molar-refractivity contribution in [3.8, 4) is 0 Å². The van der Waals surface area contributed by atoms with Gasteiger partial charge in [0.2, 0.25) is 0 Å². The van der Waals surface area contributed by atoms with E-state index in [0.717, 1.165) is 18.8 Å². The van der Waals surface area contributed by atoms with Crippen molar-refractivity contribution in [1.82, 2.24) is 4.90 Å². The van der Waals surface area contributed by atoms with Crippen molar-refractivity contribution in [3.05, 3.63) is 35.9 Å². The van der Waals surface area contributed by atoms with Gasteiger partial charge in [0.15, 0.2) is 0 Å². The van der Waals surface area contributed by atoms with E-state index < -0.39 is 0 Å². The third-order valence-corrected chi connectivity index (χ3v) is 3.89. The van der Waals surface area contributed by atoms with E-state index in [-0.39, 0.29) is 0 Å². The highest BCUT2D eigenvalue weighted by atomic mass is 32.1. The summed E-state index contributed by atoms with van der Waals surface area (Å²) < 4.78 is 0. The molecule has 1 heterocycles. The van der Waals surface area contributed by atoms with E-state index in [1.807, 2.05) is 0 Å². The second kappa shape index (κ2) is 6.86. The first-order chi connectivity index (χ1) is 8.75. The molecule has 1 aromatic rings. The second-order valence-corrected chi connectivity index (χ2v) is 5.64. The van der Waals surface area contributed by atoms with Gasteiger partial charge in [-0.25, -0.2) is 0 Å². The van der Waals surface area contributed by atoms with Crippen LogP contribution in [0.15, 0.2) is 30.3 Å². The van der Waals surface area contributed by atoms with Crippen LogP contribution in [0.3, 0.4) is 0 Å². The summed E-state index contributed by atoms with van der Waals surface area (Å²) in [5, 5.41) is 0. The SMILES string of the molecule is NC(=S)CCCCN1CCC(c2ccccc2)C1. The van der Waals surface area contributed by atoms with Crippen molar-refractivity contribution in [3.63, 3.8) is 0 Å². The Labute approximate surface area is 115 Å². The molecule has 0 aromatic heterocycles. The predicted octanol–water partition coefficient (Wildman–Crippen LogP) is 2.93. The van der Waals surface area contributed by atoms with Crippen LogP contribution < -0.4 is 5.73 Å². The molecule has 1 aliphatic rings. The number of hydrogen-bond acceptors (Lipinski definition) is 2. The standard InChI is InChI=1S/C15H22N2S/c16-15(18)8-4-5-10-17-11-9-14(12-17)13-6-2-1-3-7-13/h1-3,6-7,14H,4-5,8-12H2,(H2,16,18). The van der Waals surface area contributed by atoms with Crippen LogP contribution >= 0.6 is 12.2 Å². The first kappa shape index (κ1) is 13.5. The highest BCUT2D eigenvalue weighted by Gasteiger charge is 2.22. The Kier molecular flexibility index (Phi) is 5.14. The first-order valence-electron chi connectivity index (χ1n) is 6.81. The zero-order valence-corrected chi connectivity index (χ0v) is 11.7. The van der Waals surface area contributed by atoms with Crippen LogP contribution in [-0.4, -0.2) is 29.5 Å². The Morgan fingerprint density at radius 2 is 2.06 bits per heavy atom. The molecule has 2 rings (SSSR count). The summed E-state index contributed by atoms with van der Waals surface area (Å²) >= 11 is 4.89. The van der Waals surface area contributed by atoms with Gasteiger partial charge < -0.3 is 10.6 Å². The molecule has 1 aromatic carbocycles. The number of nitrogens with zero attached hydrogens (tertiary/aromatic N) is 1. The Balaban J connectivity index is 1.70. The van der Waals surface area contributed by atoms with Crippen molar-refractivity contribution in [2.45, 2.75) is 31.6 Å². The molecule has 1 aliphatic heterocycles. The summed E-state index contributed by atoms with van der Waals surface area (Å²) in [4.78, 5) is 3.22. The zero-order chi connectivity index (χ0) is 12.8. The average molecular weight is 262 g/mol. The Morgan fingerprint density at radius 1 is 1.28 bits per heavy atom. The molecule has 1 atom stereocenters. The van der Waals surface area contributed by atoms with Crippen LogP contribution in [0.1, 0.15) is 37.2 Å². The quantitative estimate of drug-likeness (QED) is 0.631. The molecule has 1 saturated heterocycles. The Bertz CT molecular complexity index is 377. The second-order valence-electron chi connectivity index (χ2n) is 5.12. The Hall–Kier alpha value is -0.930. The summed E-state index contributed by atoms with van der Waals surface area (Å²) in [5.41, 5.74) is 6.99. The zero-order valence-electron chi connectivity index (χ0n) is 10.8. The maximum atomic E-state index is 5.50. The lowest BCUT2D eigenvalue weighted by molar-refractivity contribution is 0.327. The number of benzene rings is 1. The van der Waals surface area contributed by atoms with Gasteiger partial charge in [-0.2, -0.15) is 0 Å². The smallest absolute Gasteiger partial charge is 0.0727 e. The summed E-state index contributed by atoms with van der Waals surface area (Å²) in [6.07, 6.45) is 4.52. The fourth-order valence-electron chi connectivity index (χ4n) is 2.67. The number of likely N-dealkylation sites (tertiary alicyclic amines) is 1. The molecule has 3 heteroatoms. The number of thiocarbonyl (C=S) groups is 1. The molecule has 0 radical (unpaired) electrons. The van der Waals surface area contributed by atoms with E-state index in [0.29, 0.717) is 4.99 Å². The van der Waals surface area contributed by atoms with Gasteiger partial charge in [0.25, 0.3) is 0 Å². The third kappa shape index (κ3) is 4.07. The molecule has 2 nitrogen and oxygen atoms in total. The van der Waals surface area contributed by atoms with E-state index in [9.17, 15) is 0 Å². The van der Waals surface area contributed by atoms with Gasteiger partial charge in [-0.15, -0.1) is 0 Å². The van der Waals surface area contributed by atoms with Crippen LogP contribution in [0.5, 0.6) is 0 Å². The molecule has 0 spiro atoms. The van der Waals surface area contributed by atoms with Gasteiger partial charge in [-0.05, 0) is 50.3 Å². The summed E-state index contributed by atoms with van der Waals surface area (Å²) in [5.74, 6) is 0.724. The lowest BCUT2D eigenvalue weighted by atomic mass is 9.99. The predicted molar refractivity (Wildman–Crippen MR) is 80.9 cm³/mol. The summed E-state index contributed by atoms with van der Waals surface area (Å²) in [6, 6.07) is 10.9. The molecule has 18 heavy (non-hydrogen) atoms. The van der Waals surface area contributed by atoms with Crippen molar-refractivity contribution in [1.29, 1.82) is 0 Å². The minimum atomic E-state index is 0.651. The maximum Gasteiger partial charge on any atom is 0.0727 e. The van der Waals surface area contributed by atoms with Crippen molar-refractivity contribution in [2.75, 3.05) is 19.6 Å². The van der Waals surface area contributed by atoms with E-state index in [1.165, 1.54) is 38.0 Å². The lowest BCUT2D eigenvalue weighted by Gasteiger charge is -2.15. The molecule has 2 N–H and O–H groups in total. The van der Waals surface area contributed by atoms with E-state index >= 15 is 0 Å². The van der Waals surface area contributed by atoms with E-state index in [1.54, 1.807) is 0 Å². The average Bonchev–Trinajstić information content (AvgIpc) is 2.84. The molecule has 0 aliphatic carbocycles. The number of rotatable bonds is 6. The van der Waals surface area contributed by atoms with Crippen molar-refractivity contribution in [2.24, 2.45) is 5.73 Å². The van der Waals surface area contributed by atoms with E-state index in [2.05, 4.69) is 35.2 Å². The number of nitrogens with two attached hydrogens (primary N) is 1. The molecule has 1 unspecified atom stereocenters. The van der Waals surface area contributed by atoms with Gasteiger partial charge >= 0.3 is 0 Å². The minimum absolute atomic E-state index is 0.651. The van der Waals surface area contributed by atoms with E-state index in [4.69, 9.17) is 18.0 Å². The molecule has 1 fully saturated rings. The van der Waals surface area contributed by atoms with Crippen molar-refractivity contribution >= 4 is 17.2 Å². The molecular weight excluding hydrogens is 240 g/mol. The number of unbranched alkanes of at least 4 members (excludes halogenated alkanes) is 1. The summed E-state index contributed by atoms with van der Waals surface area (Å²) in [7, 11) is 0. The molecule has 0 amide bonds. The van der Waals surface area contributed by atoms with Crippen LogP contribution in [0.2, 0.25) is 0 Å². The lowest BCUT2D eigenvalue weighted by Crippen LogP contribution is -2.22. The largest absolute Gasteiger partial charge is 0.393 e. The van der Waals surface area contributed by atoms with Gasteiger partial charge in [0.05, 0.1) is 4.99 Å². The van der Waals surface area contributed by atoms with Gasteiger partial charge in [0.1, 0.15) is 0 Å². The normalized spacial score (nSPS) is 20.1. The highest BCUT2D eigenvalue weighted by Crippen LogP contribution is 2.26. The fourth-order valence-corrected chi connectivity index (χ4v) is 2.81. The molecule has 0 saturated carbocycles. The summed E-state index contributed by atoms with van der Waals surface area (Å²) in [6.45, 7) is 3.62. The van der Waals surface area contributed by atoms with Crippen LogP contribution in [0.4, 0.5) is 0 Å².